The summed E-state index contributed by atoms with van der Waals surface area (Å²) in [6, 6.07) is 15.3. The van der Waals surface area contributed by atoms with Crippen molar-refractivity contribution in [3.05, 3.63) is 72.1 Å². The van der Waals surface area contributed by atoms with Crippen LogP contribution in [0.5, 0.6) is 34.5 Å². The number of nitrogens with zero attached hydrogens (tertiary/aromatic N) is 4. The van der Waals surface area contributed by atoms with E-state index in [4.69, 9.17) is 28.4 Å². The van der Waals surface area contributed by atoms with Gasteiger partial charge in [0.1, 0.15) is 0 Å². The standard InChI is InChI=1S/C37H44N4O7.3ClH/c1-23(2)34-37(42)41(22-25-10-12-39-29(16-25)27-19-32(45-5)36(48-8)33(20-27)46-6)14-13-40(34)21-24-9-11-38-28(15-24)26-17-30(43-3)35(47-7)31(18-26)44-4;;;/h9-12,15-20,23,34H,13-14,21-22H2,1-8H3;3*1H/t34-;;;/m1.../s1. The predicted molar refractivity (Wildman–Crippen MR) is 205 cm³/mol. The minimum absolute atomic E-state index is 0. The molecule has 0 saturated carbocycles. The van der Waals surface area contributed by atoms with Gasteiger partial charge in [-0.3, -0.25) is 19.7 Å². The second kappa shape index (κ2) is 19.4. The van der Waals surface area contributed by atoms with Gasteiger partial charge in [-0.05, 0) is 65.6 Å². The van der Waals surface area contributed by atoms with Gasteiger partial charge in [-0.2, -0.15) is 0 Å². The fourth-order valence-corrected chi connectivity index (χ4v) is 6.26. The zero-order chi connectivity index (χ0) is 34.4. The molecule has 0 N–H and O–H groups in total. The number of halogens is 3. The summed E-state index contributed by atoms with van der Waals surface area (Å²) in [7, 11) is 9.52. The van der Waals surface area contributed by atoms with Gasteiger partial charge < -0.3 is 33.3 Å². The Bertz CT molecular complexity index is 1710. The normalized spacial score (nSPS) is 14.1. The van der Waals surface area contributed by atoms with E-state index in [2.05, 4.69) is 34.8 Å². The van der Waals surface area contributed by atoms with Gasteiger partial charge in [-0.15, -0.1) is 37.2 Å². The van der Waals surface area contributed by atoms with E-state index in [0.717, 1.165) is 40.2 Å². The highest BCUT2D eigenvalue weighted by Gasteiger charge is 2.36. The Morgan fingerprint density at radius 2 is 1.04 bits per heavy atom. The molecule has 2 aromatic carbocycles. The summed E-state index contributed by atoms with van der Waals surface area (Å²) in [6.07, 6.45) is 3.56. The fraction of sp³-hybridized carbons (Fsp3) is 0.378. The summed E-state index contributed by atoms with van der Waals surface area (Å²) in [5.41, 5.74) is 5.24. The highest BCUT2D eigenvalue weighted by Crippen LogP contribution is 2.42. The molecule has 0 aliphatic carbocycles. The van der Waals surface area contributed by atoms with E-state index in [0.29, 0.717) is 54.1 Å². The first-order valence-corrected chi connectivity index (χ1v) is 15.8. The first kappa shape index (κ1) is 43.0. The van der Waals surface area contributed by atoms with Crippen molar-refractivity contribution in [2.45, 2.75) is 33.0 Å². The molecule has 1 saturated heterocycles. The molecule has 14 heteroatoms. The molecular weight excluding hydrogens is 719 g/mol. The Balaban J connectivity index is 0.00000300. The van der Waals surface area contributed by atoms with Crippen molar-refractivity contribution in [3.63, 3.8) is 0 Å². The number of piperazine rings is 1. The molecule has 0 bridgehead atoms. The average Bonchev–Trinajstić information content (AvgIpc) is 3.11. The van der Waals surface area contributed by atoms with Crippen LogP contribution in [-0.4, -0.2) is 87.5 Å². The van der Waals surface area contributed by atoms with Crippen molar-refractivity contribution in [1.82, 2.24) is 19.8 Å². The van der Waals surface area contributed by atoms with E-state index in [1.54, 1.807) is 55.1 Å². The molecule has 1 fully saturated rings. The van der Waals surface area contributed by atoms with Crippen molar-refractivity contribution in [3.8, 4) is 57.0 Å². The molecule has 11 nitrogen and oxygen atoms in total. The molecule has 1 aliphatic rings. The van der Waals surface area contributed by atoms with Crippen LogP contribution in [-0.2, 0) is 17.9 Å². The molecule has 51 heavy (non-hydrogen) atoms. The summed E-state index contributed by atoms with van der Waals surface area (Å²) in [4.78, 5) is 27.5. The van der Waals surface area contributed by atoms with Crippen molar-refractivity contribution in [1.29, 1.82) is 0 Å². The van der Waals surface area contributed by atoms with E-state index in [1.807, 2.05) is 47.4 Å². The quantitative estimate of drug-likeness (QED) is 0.141. The molecule has 5 rings (SSSR count). The Labute approximate surface area is 318 Å². The smallest absolute Gasteiger partial charge is 0.240 e. The molecular formula is C37H47Cl3N4O7. The van der Waals surface area contributed by atoms with E-state index < -0.39 is 0 Å². The number of rotatable bonds is 13. The number of ether oxygens (including phenoxy) is 6. The number of methoxy groups -OCH3 is 6. The van der Waals surface area contributed by atoms with E-state index in [9.17, 15) is 4.79 Å². The summed E-state index contributed by atoms with van der Waals surface area (Å²) in [5.74, 6) is 3.50. The van der Waals surface area contributed by atoms with Crippen LogP contribution in [0, 0.1) is 5.92 Å². The first-order chi connectivity index (χ1) is 23.2. The number of amides is 1. The third kappa shape index (κ3) is 9.39. The molecule has 4 aromatic rings. The molecule has 2 aromatic heterocycles. The van der Waals surface area contributed by atoms with E-state index >= 15 is 0 Å². The van der Waals surface area contributed by atoms with Crippen LogP contribution in [0.3, 0.4) is 0 Å². The molecule has 3 heterocycles. The van der Waals surface area contributed by atoms with Crippen LogP contribution in [0.25, 0.3) is 22.5 Å². The second-order valence-electron chi connectivity index (χ2n) is 11.8. The minimum Gasteiger partial charge on any atom is -0.493 e. The van der Waals surface area contributed by atoms with E-state index in [1.165, 1.54) is 0 Å². The molecule has 278 valence electrons. The van der Waals surface area contributed by atoms with Crippen LogP contribution in [0.2, 0.25) is 0 Å². The molecule has 0 spiro atoms. The second-order valence-corrected chi connectivity index (χ2v) is 11.8. The lowest BCUT2D eigenvalue weighted by molar-refractivity contribution is -0.145. The molecule has 0 unspecified atom stereocenters. The van der Waals surface area contributed by atoms with Gasteiger partial charge in [0.05, 0.1) is 60.1 Å². The molecule has 1 aliphatic heterocycles. The number of pyridine rings is 2. The van der Waals surface area contributed by atoms with Gasteiger partial charge in [-0.25, -0.2) is 0 Å². The van der Waals surface area contributed by atoms with Crippen LogP contribution in [0.15, 0.2) is 60.9 Å². The van der Waals surface area contributed by atoms with E-state index in [-0.39, 0.29) is 55.1 Å². The fourth-order valence-electron chi connectivity index (χ4n) is 6.26. The lowest BCUT2D eigenvalue weighted by Crippen LogP contribution is -2.58. The van der Waals surface area contributed by atoms with Crippen molar-refractivity contribution >= 4 is 43.1 Å². The van der Waals surface area contributed by atoms with Crippen LogP contribution in [0.1, 0.15) is 25.0 Å². The Kier molecular flexibility index (Phi) is 16.4. The van der Waals surface area contributed by atoms with Gasteiger partial charge in [0.2, 0.25) is 17.4 Å². The number of hydrogen-bond acceptors (Lipinski definition) is 10. The third-order valence-corrected chi connectivity index (χ3v) is 8.58. The van der Waals surface area contributed by atoms with Gasteiger partial charge in [-0.1, -0.05) is 13.8 Å². The van der Waals surface area contributed by atoms with Gasteiger partial charge >= 0.3 is 0 Å². The van der Waals surface area contributed by atoms with Crippen LogP contribution < -0.4 is 28.4 Å². The summed E-state index contributed by atoms with van der Waals surface area (Å²) in [6.45, 7) is 6.64. The Morgan fingerprint density at radius 3 is 1.41 bits per heavy atom. The van der Waals surface area contributed by atoms with Crippen LogP contribution >= 0.6 is 37.2 Å². The minimum atomic E-state index is -0.270. The maximum atomic E-state index is 14.0. The number of aromatic nitrogens is 2. The summed E-state index contributed by atoms with van der Waals surface area (Å²) < 4.78 is 33.1. The average molecular weight is 766 g/mol. The Hall–Kier alpha value is -4.16. The molecule has 1 atom stereocenters. The van der Waals surface area contributed by atoms with Gasteiger partial charge in [0.15, 0.2) is 23.0 Å². The summed E-state index contributed by atoms with van der Waals surface area (Å²) in [5, 5.41) is 0. The maximum Gasteiger partial charge on any atom is 0.240 e. The predicted octanol–water partition coefficient (Wildman–Crippen LogP) is 7.00. The SMILES string of the molecule is COc1cc(-c2cc(CN3CCN(Cc4ccnc(-c5cc(OC)c(OC)c(OC)c5)c4)[C@H](C(C)C)C3=O)ccn2)cc(OC)c1OC.Cl.Cl.Cl. The number of hydrogen-bond donors (Lipinski definition) is 0. The zero-order valence-corrected chi connectivity index (χ0v) is 32.6. The van der Waals surface area contributed by atoms with Gasteiger partial charge in [0, 0.05) is 49.7 Å². The maximum absolute atomic E-state index is 14.0. The monoisotopic (exact) mass is 764 g/mol. The highest BCUT2D eigenvalue weighted by molar-refractivity contribution is 5.86. The third-order valence-electron chi connectivity index (χ3n) is 8.58. The van der Waals surface area contributed by atoms with Crippen molar-refractivity contribution in [2.75, 3.05) is 55.7 Å². The number of benzene rings is 2. The van der Waals surface area contributed by atoms with Gasteiger partial charge in [0.25, 0.3) is 0 Å². The lowest BCUT2D eigenvalue weighted by Gasteiger charge is -2.42. The number of carbonyl (C=O) groups is 1. The topological polar surface area (TPSA) is 105 Å². The number of carbonyl (C=O) groups excluding carboxylic acids is 1. The van der Waals surface area contributed by atoms with Crippen LogP contribution in [0.4, 0.5) is 0 Å². The van der Waals surface area contributed by atoms with Crippen molar-refractivity contribution < 1.29 is 33.2 Å². The molecule has 0 radical (unpaired) electrons. The Morgan fingerprint density at radius 1 is 0.627 bits per heavy atom. The summed E-state index contributed by atoms with van der Waals surface area (Å²) >= 11 is 0. The first-order valence-electron chi connectivity index (χ1n) is 15.8. The van der Waals surface area contributed by atoms with Crippen molar-refractivity contribution in [2.24, 2.45) is 5.92 Å². The largest absolute Gasteiger partial charge is 0.493 e. The highest BCUT2D eigenvalue weighted by atomic mass is 35.5. The molecule has 1 amide bonds. The zero-order valence-electron chi connectivity index (χ0n) is 30.1. The lowest BCUT2D eigenvalue weighted by atomic mass is 9.97.